The molecule has 0 aliphatic rings. The molecule has 0 aliphatic carbocycles. The van der Waals surface area contributed by atoms with Gasteiger partial charge >= 0.3 is 5.97 Å². The van der Waals surface area contributed by atoms with Gasteiger partial charge in [-0.15, -0.1) is 0 Å². The van der Waals surface area contributed by atoms with Gasteiger partial charge in [-0.25, -0.2) is 13.1 Å². The molecule has 0 aliphatic heterocycles. The van der Waals surface area contributed by atoms with Gasteiger partial charge in [-0.2, -0.15) is 0 Å². The highest BCUT2D eigenvalue weighted by molar-refractivity contribution is 7.89. The van der Waals surface area contributed by atoms with Crippen LogP contribution in [0.4, 0.5) is 0 Å². The second-order valence-electron chi connectivity index (χ2n) is 4.29. The minimum Gasteiger partial charge on any atom is -0.463 e. The predicted molar refractivity (Wildman–Crippen MR) is 77.5 cm³/mol. The number of halogens is 2. The third-order valence-corrected chi connectivity index (χ3v) is 4.01. The summed E-state index contributed by atoms with van der Waals surface area (Å²) in [5, 5.41) is 0.439. The SMILES string of the molecule is CC(C)OC(=O)CCNS(=O)(=O)c1cc(Cl)cc(Cl)c1. The van der Waals surface area contributed by atoms with Gasteiger partial charge in [0, 0.05) is 16.6 Å². The van der Waals surface area contributed by atoms with Crippen LogP contribution in [0.15, 0.2) is 23.1 Å². The minimum absolute atomic E-state index is 0.0489. The van der Waals surface area contributed by atoms with Crippen molar-refractivity contribution in [3.05, 3.63) is 28.2 Å². The quantitative estimate of drug-likeness (QED) is 0.808. The summed E-state index contributed by atoms with van der Waals surface area (Å²) in [4.78, 5) is 11.2. The number of hydrogen-bond donors (Lipinski definition) is 1. The number of carbonyl (C=O) groups is 1. The third-order valence-electron chi connectivity index (χ3n) is 2.13. The van der Waals surface area contributed by atoms with Crippen LogP contribution in [0.1, 0.15) is 20.3 Å². The highest BCUT2D eigenvalue weighted by Crippen LogP contribution is 2.22. The molecule has 0 saturated heterocycles. The lowest BCUT2D eigenvalue weighted by molar-refractivity contribution is -0.147. The van der Waals surface area contributed by atoms with E-state index < -0.39 is 16.0 Å². The summed E-state index contributed by atoms with van der Waals surface area (Å²) >= 11 is 11.5. The first-order chi connectivity index (χ1) is 9.20. The van der Waals surface area contributed by atoms with Gasteiger partial charge in [0.1, 0.15) is 0 Å². The van der Waals surface area contributed by atoms with E-state index in [9.17, 15) is 13.2 Å². The summed E-state index contributed by atoms with van der Waals surface area (Å²) in [6.07, 6.45) is -0.281. The highest BCUT2D eigenvalue weighted by atomic mass is 35.5. The van der Waals surface area contributed by atoms with E-state index in [1.54, 1.807) is 13.8 Å². The number of sulfonamides is 1. The molecule has 1 N–H and O–H groups in total. The molecule has 0 unspecified atom stereocenters. The number of nitrogens with one attached hydrogen (secondary N) is 1. The molecule has 20 heavy (non-hydrogen) atoms. The van der Waals surface area contributed by atoms with Crippen molar-refractivity contribution in [2.75, 3.05) is 6.54 Å². The molecule has 1 aromatic carbocycles. The summed E-state index contributed by atoms with van der Waals surface area (Å²) in [5.74, 6) is -0.466. The molecule has 0 aromatic heterocycles. The smallest absolute Gasteiger partial charge is 0.307 e. The molecule has 0 spiro atoms. The van der Waals surface area contributed by atoms with Gasteiger partial charge in [0.05, 0.1) is 17.4 Å². The Morgan fingerprint density at radius 3 is 2.30 bits per heavy atom. The zero-order valence-electron chi connectivity index (χ0n) is 11.0. The molecule has 0 heterocycles. The van der Waals surface area contributed by atoms with Gasteiger partial charge in [-0.3, -0.25) is 4.79 Å². The van der Waals surface area contributed by atoms with Crippen LogP contribution in [0.5, 0.6) is 0 Å². The second kappa shape index (κ2) is 7.26. The van der Waals surface area contributed by atoms with Gasteiger partial charge in [-0.05, 0) is 32.0 Å². The normalized spacial score (nSPS) is 11.7. The molecule has 0 fully saturated rings. The van der Waals surface area contributed by atoms with E-state index in [2.05, 4.69) is 4.72 Å². The van der Waals surface area contributed by atoms with E-state index in [1.807, 2.05) is 0 Å². The number of ether oxygens (including phenoxy) is 1. The summed E-state index contributed by atoms with van der Waals surface area (Å²) < 4.78 is 31.1. The van der Waals surface area contributed by atoms with Gasteiger partial charge < -0.3 is 4.74 Å². The highest BCUT2D eigenvalue weighted by Gasteiger charge is 2.16. The van der Waals surface area contributed by atoms with Crippen LogP contribution in [0.3, 0.4) is 0 Å². The van der Waals surface area contributed by atoms with Crippen LogP contribution in [0.25, 0.3) is 0 Å². The number of esters is 1. The van der Waals surface area contributed by atoms with Crippen LogP contribution >= 0.6 is 23.2 Å². The Labute approximate surface area is 128 Å². The van der Waals surface area contributed by atoms with Crippen LogP contribution in [0, 0.1) is 0 Å². The lowest BCUT2D eigenvalue weighted by Gasteiger charge is -2.09. The Bertz CT molecular complexity index is 567. The van der Waals surface area contributed by atoms with Crippen molar-refractivity contribution < 1.29 is 17.9 Å². The van der Waals surface area contributed by atoms with E-state index in [1.165, 1.54) is 18.2 Å². The maximum absolute atomic E-state index is 12.0. The third kappa shape index (κ3) is 5.66. The van der Waals surface area contributed by atoms with Gasteiger partial charge in [0.15, 0.2) is 0 Å². The number of rotatable bonds is 6. The van der Waals surface area contributed by atoms with E-state index in [4.69, 9.17) is 27.9 Å². The standard InChI is InChI=1S/C12H15Cl2NO4S/c1-8(2)19-12(16)3-4-15-20(17,18)11-6-9(13)5-10(14)7-11/h5-8,15H,3-4H2,1-2H3. The van der Waals surface area contributed by atoms with E-state index in [0.29, 0.717) is 0 Å². The molecular formula is C12H15Cl2NO4S. The van der Waals surface area contributed by atoms with Crippen LogP contribution in [-0.2, 0) is 19.6 Å². The number of carbonyl (C=O) groups excluding carboxylic acids is 1. The fraction of sp³-hybridized carbons (Fsp3) is 0.417. The summed E-state index contributed by atoms with van der Waals surface area (Å²) in [6.45, 7) is 3.38. The van der Waals surface area contributed by atoms with Crippen LogP contribution in [-0.4, -0.2) is 27.0 Å². The Morgan fingerprint density at radius 1 is 1.25 bits per heavy atom. The fourth-order valence-corrected chi connectivity index (χ4v) is 3.13. The van der Waals surface area contributed by atoms with Crippen molar-refractivity contribution >= 4 is 39.2 Å². The first-order valence-corrected chi connectivity index (χ1v) is 8.10. The molecule has 0 radical (unpaired) electrons. The monoisotopic (exact) mass is 339 g/mol. The summed E-state index contributed by atoms with van der Waals surface area (Å²) in [7, 11) is -3.76. The van der Waals surface area contributed by atoms with Gasteiger partial charge in [0.2, 0.25) is 10.0 Å². The van der Waals surface area contributed by atoms with Crippen molar-refractivity contribution in [3.8, 4) is 0 Å². The molecular weight excluding hydrogens is 325 g/mol. The second-order valence-corrected chi connectivity index (χ2v) is 6.93. The lowest BCUT2D eigenvalue weighted by Crippen LogP contribution is -2.27. The largest absolute Gasteiger partial charge is 0.463 e. The molecule has 1 aromatic rings. The van der Waals surface area contributed by atoms with E-state index >= 15 is 0 Å². The Kier molecular flexibility index (Phi) is 6.26. The Morgan fingerprint density at radius 2 is 1.80 bits per heavy atom. The first kappa shape index (κ1) is 17.2. The van der Waals surface area contributed by atoms with Gasteiger partial charge in [-0.1, -0.05) is 23.2 Å². The van der Waals surface area contributed by atoms with Gasteiger partial charge in [0.25, 0.3) is 0 Å². The number of benzene rings is 1. The average molecular weight is 340 g/mol. The Balaban J connectivity index is 2.64. The van der Waals surface area contributed by atoms with E-state index in [-0.39, 0.29) is 34.0 Å². The summed E-state index contributed by atoms with van der Waals surface area (Å²) in [5.41, 5.74) is 0. The minimum atomic E-state index is -3.76. The Hall–Kier alpha value is -0.820. The van der Waals surface area contributed by atoms with Crippen LogP contribution in [0.2, 0.25) is 10.0 Å². The molecule has 8 heteroatoms. The molecule has 5 nitrogen and oxygen atoms in total. The molecule has 0 saturated carbocycles. The van der Waals surface area contributed by atoms with Crippen molar-refractivity contribution in [2.45, 2.75) is 31.3 Å². The topological polar surface area (TPSA) is 72.5 Å². The maximum Gasteiger partial charge on any atom is 0.307 e. The average Bonchev–Trinajstić information content (AvgIpc) is 2.26. The first-order valence-electron chi connectivity index (χ1n) is 5.86. The van der Waals surface area contributed by atoms with Crippen molar-refractivity contribution in [3.63, 3.8) is 0 Å². The predicted octanol–water partition coefficient (Wildman–Crippen LogP) is 2.61. The lowest BCUT2D eigenvalue weighted by atomic mass is 10.4. The van der Waals surface area contributed by atoms with Crippen molar-refractivity contribution in [1.29, 1.82) is 0 Å². The van der Waals surface area contributed by atoms with Crippen LogP contribution < -0.4 is 4.72 Å². The van der Waals surface area contributed by atoms with Crippen molar-refractivity contribution in [1.82, 2.24) is 4.72 Å². The van der Waals surface area contributed by atoms with Crippen molar-refractivity contribution in [2.24, 2.45) is 0 Å². The zero-order valence-corrected chi connectivity index (χ0v) is 13.3. The maximum atomic E-state index is 12.0. The summed E-state index contributed by atoms with van der Waals surface area (Å²) in [6, 6.07) is 3.99. The number of hydrogen-bond acceptors (Lipinski definition) is 4. The fourth-order valence-electron chi connectivity index (χ4n) is 1.38. The molecule has 0 bridgehead atoms. The molecule has 1 rings (SSSR count). The molecule has 0 atom stereocenters. The molecule has 0 amide bonds. The zero-order chi connectivity index (χ0) is 15.3. The van der Waals surface area contributed by atoms with E-state index in [0.717, 1.165) is 0 Å². The molecule has 112 valence electrons.